The molecule has 0 fully saturated rings. The summed E-state index contributed by atoms with van der Waals surface area (Å²) in [6, 6.07) is 15.3. The van der Waals surface area contributed by atoms with Gasteiger partial charge in [0.05, 0.1) is 6.04 Å². The van der Waals surface area contributed by atoms with Gasteiger partial charge in [0.25, 0.3) is 0 Å². The first-order chi connectivity index (χ1) is 7.83. The fourth-order valence-corrected chi connectivity index (χ4v) is 2.19. The lowest BCUT2D eigenvalue weighted by atomic mass is 10.0. The van der Waals surface area contributed by atoms with Crippen LogP contribution in [0.1, 0.15) is 17.2 Å². The predicted molar refractivity (Wildman–Crippen MR) is 62.9 cm³/mol. The van der Waals surface area contributed by atoms with E-state index in [1.54, 1.807) is 0 Å². The number of fused-ring (bicyclic) bond motifs is 1. The molecule has 1 aliphatic heterocycles. The number of benzene rings is 2. The fraction of sp³-hybridized carbons (Fsp3) is 0.143. The molecule has 1 atom stereocenters. The molecular weight excluding hydrogens is 201 g/mol. The minimum atomic E-state index is -0.181. The van der Waals surface area contributed by atoms with E-state index in [0.29, 0.717) is 0 Å². The number of rotatable bonds is 1. The van der Waals surface area contributed by atoms with Crippen LogP contribution in [0.3, 0.4) is 0 Å². The van der Waals surface area contributed by atoms with Gasteiger partial charge in [0.2, 0.25) is 0 Å². The van der Waals surface area contributed by atoms with Crippen molar-refractivity contribution in [2.45, 2.75) is 12.5 Å². The number of hydrogen-bond acceptors (Lipinski definition) is 1. The van der Waals surface area contributed by atoms with Crippen molar-refractivity contribution in [3.05, 3.63) is 65.5 Å². The monoisotopic (exact) mass is 213 g/mol. The Hall–Kier alpha value is -1.83. The van der Waals surface area contributed by atoms with Crippen molar-refractivity contribution in [1.29, 1.82) is 0 Å². The summed E-state index contributed by atoms with van der Waals surface area (Å²) in [6.07, 6.45) is 0.974. The maximum Gasteiger partial charge on any atom is 0.123 e. The van der Waals surface area contributed by atoms with Crippen LogP contribution in [0, 0.1) is 5.82 Å². The smallest absolute Gasteiger partial charge is 0.123 e. The van der Waals surface area contributed by atoms with Gasteiger partial charge in [-0.15, -0.1) is 0 Å². The van der Waals surface area contributed by atoms with Crippen LogP contribution >= 0.6 is 0 Å². The van der Waals surface area contributed by atoms with Gasteiger partial charge < -0.3 is 5.32 Å². The van der Waals surface area contributed by atoms with Crippen LogP contribution in [-0.2, 0) is 6.42 Å². The van der Waals surface area contributed by atoms with Gasteiger partial charge in [-0.1, -0.05) is 30.3 Å². The Morgan fingerprint density at radius 1 is 1.00 bits per heavy atom. The number of hydrogen-bond donors (Lipinski definition) is 1. The largest absolute Gasteiger partial charge is 0.378 e. The van der Waals surface area contributed by atoms with Crippen molar-refractivity contribution >= 4 is 5.69 Å². The molecule has 1 nitrogen and oxygen atoms in total. The minimum Gasteiger partial charge on any atom is -0.378 e. The van der Waals surface area contributed by atoms with Crippen LogP contribution in [0.5, 0.6) is 0 Å². The second kappa shape index (κ2) is 3.63. The molecule has 0 spiro atoms. The summed E-state index contributed by atoms with van der Waals surface area (Å²) in [5.74, 6) is -0.181. The Morgan fingerprint density at radius 2 is 1.75 bits per heavy atom. The number of halogens is 1. The van der Waals surface area contributed by atoms with Crippen LogP contribution < -0.4 is 5.32 Å². The normalized spacial score (nSPS) is 17.9. The van der Waals surface area contributed by atoms with E-state index < -0.39 is 0 Å². The lowest BCUT2D eigenvalue weighted by Crippen LogP contribution is -2.05. The topological polar surface area (TPSA) is 12.0 Å². The SMILES string of the molecule is Fc1ccc([C@@H]2Cc3ccccc3N2)cc1. The Kier molecular flexibility index (Phi) is 2.13. The highest BCUT2D eigenvalue weighted by Gasteiger charge is 2.20. The highest BCUT2D eigenvalue weighted by atomic mass is 19.1. The van der Waals surface area contributed by atoms with Gasteiger partial charge in [-0.3, -0.25) is 0 Å². The summed E-state index contributed by atoms with van der Waals surface area (Å²) < 4.78 is 12.8. The van der Waals surface area contributed by atoms with Crippen molar-refractivity contribution in [3.8, 4) is 0 Å². The van der Waals surface area contributed by atoms with Gasteiger partial charge in [0.15, 0.2) is 0 Å². The van der Waals surface area contributed by atoms with E-state index in [1.807, 2.05) is 24.3 Å². The molecule has 0 amide bonds. The predicted octanol–water partition coefficient (Wildman–Crippen LogP) is 3.54. The molecule has 2 aromatic rings. The Balaban J connectivity index is 1.88. The highest BCUT2D eigenvalue weighted by molar-refractivity contribution is 5.57. The Bertz CT molecular complexity index is 479. The molecule has 0 saturated heterocycles. The second-order valence-electron chi connectivity index (χ2n) is 4.11. The fourth-order valence-electron chi connectivity index (χ4n) is 2.19. The summed E-state index contributed by atoms with van der Waals surface area (Å²) in [6.45, 7) is 0. The number of anilines is 1. The lowest BCUT2D eigenvalue weighted by Gasteiger charge is -2.11. The Morgan fingerprint density at radius 3 is 2.50 bits per heavy atom. The summed E-state index contributed by atoms with van der Waals surface area (Å²) in [5.41, 5.74) is 3.66. The molecule has 80 valence electrons. The maximum atomic E-state index is 12.8. The van der Waals surface area contributed by atoms with Crippen LogP contribution in [0.15, 0.2) is 48.5 Å². The van der Waals surface area contributed by atoms with Crippen LogP contribution in [0.2, 0.25) is 0 Å². The van der Waals surface area contributed by atoms with Crippen molar-refractivity contribution in [2.75, 3.05) is 5.32 Å². The van der Waals surface area contributed by atoms with Gasteiger partial charge >= 0.3 is 0 Å². The van der Waals surface area contributed by atoms with Gasteiger partial charge in [0, 0.05) is 5.69 Å². The average molecular weight is 213 g/mol. The van der Waals surface area contributed by atoms with Gasteiger partial charge in [-0.2, -0.15) is 0 Å². The Labute approximate surface area is 93.9 Å². The lowest BCUT2D eigenvalue weighted by molar-refractivity contribution is 0.626. The molecule has 1 aliphatic rings. The molecule has 0 aromatic heterocycles. The summed E-state index contributed by atoms with van der Waals surface area (Å²) >= 11 is 0. The highest BCUT2D eigenvalue weighted by Crippen LogP contribution is 2.33. The molecule has 1 heterocycles. The first kappa shape index (κ1) is 9.40. The quantitative estimate of drug-likeness (QED) is 0.764. The zero-order valence-electron chi connectivity index (χ0n) is 8.78. The van der Waals surface area contributed by atoms with Crippen molar-refractivity contribution in [1.82, 2.24) is 0 Å². The van der Waals surface area contributed by atoms with E-state index in [2.05, 4.69) is 17.4 Å². The minimum absolute atomic E-state index is 0.181. The maximum absolute atomic E-state index is 12.8. The second-order valence-corrected chi connectivity index (χ2v) is 4.11. The molecule has 3 rings (SSSR count). The third kappa shape index (κ3) is 1.56. The molecule has 0 saturated carbocycles. The molecule has 0 unspecified atom stereocenters. The first-order valence-electron chi connectivity index (χ1n) is 5.43. The van der Waals surface area contributed by atoms with Crippen LogP contribution in [0.25, 0.3) is 0 Å². The van der Waals surface area contributed by atoms with Crippen molar-refractivity contribution in [3.63, 3.8) is 0 Å². The molecule has 0 radical (unpaired) electrons. The average Bonchev–Trinajstić information content (AvgIpc) is 2.73. The van der Waals surface area contributed by atoms with E-state index in [4.69, 9.17) is 0 Å². The van der Waals surface area contributed by atoms with Gasteiger partial charge in [-0.05, 0) is 35.7 Å². The van der Waals surface area contributed by atoms with E-state index in [9.17, 15) is 4.39 Å². The summed E-state index contributed by atoms with van der Waals surface area (Å²) in [5, 5.41) is 3.45. The molecule has 2 aromatic carbocycles. The zero-order chi connectivity index (χ0) is 11.0. The van der Waals surface area contributed by atoms with E-state index in [0.717, 1.165) is 12.0 Å². The summed E-state index contributed by atoms with van der Waals surface area (Å²) in [7, 11) is 0. The molecule has 16 heavy (non-hydrogen) atoms. The van der Waals surface area contributed by atoms with E-state index in [-0.39, 0.29) is 11.9 Å². The first-order valence-corrected chi connectivity index (χ1v) is 5.43. The third-order valence-corrected chi connectivity index (χ3v) is 3.04. The third-order valence-electron chi connectivity index (χ3n) is 3.04. The molecule has 2 heteroatoms. The zero-order valence-corrected chi connectivity index (χ0v) is 8.78. The van der Waals surface area contributed by atoms with E-state index >= 15 is 0 Å². The van der Waals surface area contributed by atoms with Crippen LogP contribution in [0.4, 0.5) is 10.1 Å². The molecule has 1 N–H and O–H groups in total. The van der Waals surface area contributed by atoms with Crippen molar-refractivity contribution in [2.24, 2.45) is 0 Å². The standard InChI is InChI=1S/C14H12FN/c15-12-7-5-10(6-8-12)14-9-11-3-1-2-4-13(11)16-14/h1-8,14,16H,9H2/t14-/m0/s1. The molecule has 0 aliphatic carbocycles. The van der Waals surface area contributed by atoms with Crippen molar-refractivity contribution < 1.29 is 4.39 Å². The number of nitrogens with one attached hydrogen (secondary N) is 1. The van der Waals surface area contributed by atoms with Gasteiger partial charge in [-0.25, -0.2) is 4.39 Å². The summed E-state index contributed by atoms with van der Waals surface area (Å²) in [4.78, 5) is 0. The number of para-hydroxylation sites is 1. The molecule has 0 bridgehead atoms. The van der Waals surface area contributed by atoms with E-state index in [1.165, 1.54) is 23.4 Å². The van der Waals surface area contributed by atoms with Crippen LogP contribution in [-0.4, -0.2) is 0 Å². The van der Waals surface area contributed by atoms with Gasteiger partial charge in [0.1, 0.15) is 5.82 Å². The molecular formula is C14H12FN.